The van der Waals surface area contributed by atoms with E-state index in [2.05, 4.69) is 111 Å². The first-order chi connectivity index (χ1) is 19.2. The molecule has 194 valence electrons. The number of rotatable bonds is 3. The number of hydrogen-bond acceptors (Lipinski definition) is 3. The fraction of sp³-hybridized carbons (Fsp3) is 0.171. The Bertz CT molecular complexity index is 1970. The van der Waals surface area contributed by atoms with Gasteiger partial charge in [0, 0.05) is 16.5 Å². The summed E-state index contributed by atoms with van der Waals surface area (Å²) in [5.41, 5.74) is 6.47. The first-order valence-electron chi connectivity index (χ1n) is 13.7. The lowest BCUT2D eigenvalue weighted by Crippen LogP contribution is -2.41. The number of benzene rings is 5. The minimum Gasteiger partial charge on any atom is -0.399 e. The molecule has 4 nitrogen and oxygen atoms in total. The highest BCUT2D eigenvalue weighted by Crippen LogP contribution is 2.38. The lowest BCUT2D eigenvalue weighted by atomic mass is 9.78. The molecule has 5 aromatic carbocycles. The largest absolute Gasteiger partial charge is 0.494 e. The fourth-order valence-electron chi connectivity index (χ4n) is 5.69. The van der Waals surface area contributed by atoms with Gasteiger partial charge in [-0.1, -0.05) is 66.7 Å². The van der Waals surface area contributed by atoms with Crippen molar-refractivity contribution in [2.24, 2.45) is 0 Å². The van der Waals surface area contributed by atoms with Crippen LogP contribution in [0.4, 0.5) is 0 Å². The molecular formula is C35H29BN2O2. The highest BCUT2D eigenvalue weighted by atomic mass is 16.7. The van der Waals surface area contributed by atoms with E-state index < -0.39 is 0 Å². The summed E-state index contributed by atoms with van der Waals surface area (Å²) in [4.78, 5) is 0. The van der Waals surface area contributed by atoms with Crippen LogP contribution in [0.2, 0.25) is 0 Å². The summed E-state index contributed by atoms with van der Waals surface area (Å²) in [6.45, 7) is 8.32. The zero-order valence-electron chi connectivity index (χ0n) is 23.1. The average Bonchev–Trinajstić information content (AvgIpc) is 3.40. The van der Waals surface area contributed by atoms with Crippen molar-refractivity contribution in [2.75, 3.05) is 0 Å². The van der Waals surface area contributed by atoms with Gasteiger partial charge in [0.2, 0.25) is 0 Å². The van der Waals surface area contributed by atoms with Gasteiger partial charge in [0.25, 0.3) is 0 Å². The second kappa shape index (κ2) is 8.82. The summed E-state index contributed by atoms with van der Waals surface area (Å²) in [5, 5.41) is 14.2. The molecule has 40 heavy (non-hydrogen) atoms. The van der Waals surface area contributed by atoms with Crippen molar-refractivity contribution in [1.29, 1.82) is 5.26 Å². The number of aromatic nitrogens is 1. The third kappa shape index (κ3) is 3.84. The van der Waals surface area contributed by atoms with Crippen LogP contribution in [0.1, 0.15) is 33.3 Å². The van der Waals surface area contributed by atoms with Crippen LogP contribution in [0.15, 0.2) is 103 Å². The summed E-state index contributed by atoms with van der Waals surface area (Å²) in [5.74, 6) is 0. The maximum absolute atomic E-state index is 9.56. The summed E-state index contributed by atoms with van der Waals surface area (Å²) in [6.07, 6.45) is 0. The molecule has 0 N–H and O–H groups in total. The van der Waals surface area contributed by atoms with Gasteiger partial charge in [0.05, 0.1) is 33.9 Å². The van der Waals surface area contributed by atoms with Crippen molar-refractivity contribution in [3.63, 3.8) is 0 Å². The molecule has 7 rings (SSSR count). The van der Waals surface area contributed by atoms with Crippen LogP contribution < -0.4 is 5.46 Å². The summed E-state index contributed by atoms with van der Waals surface area (Å²) >= 11 is 0. The lowest BCUT2D eigenvalue weighted by Gasteiger charge is -2.32. The molecule has 1 fully saturated rings. The van der Waals surface area contributed by atoms with Gasteiger partial charge in [-0.05, 0) is 91.5 Å². The highest BCUT2D eigenvalue weighted by Gasteiger charge is 2.51. The van der Waals surface area contributed by atoms with Gasteiger partial charge < -0.3 is 13.9 Å². The Kier molecular flexibility index (Phi) is 5.44. The Balaban J connectivity index is 1.33. The SMILES string of the molecule is CC1(C)OB(c2ccc3cc(-c4ccc5c6ccc(C#N)cc6n(-c6ccccc6)c5c4)ccc3c2)OC1(C)C. The topological polar surface area (TPSA) is 47.2 Å². The summed E-state index contributed by atoms with van der Waals surface area (Å²) in [7, 11) is -0.377. The molecule has 0 saturated carbocycles. The van der Waals surface area contributed by atoms with Crippen LogP contribution in [-0.2, 0) is 9.31 Å². The lowest BCUT2D eigenvalue weighted by molar-refractivity contribution is 0.00578. The quantitative estimate of drug-likeness (QED) is 0.224. The van der Waals surface area contributed by atoms with Crippen molar-refractivity contribution in [2.45, 2.75) is 38.9 Å². The molecule has 0 amide bonds. The Morgan fingerprint density at radius 3 is 1.98 bits per heavy atom. The predicted molar refractivity (Wildman–Crippen MR) is 164 cm³/mol. The molecule has 0 atom stereocenters. The monoisotopic (exact) mass is 520 g/mol. The van der Waals surface area contributed by atoms with Gasteiger partial charge in [-0.2, -0.15) is 5.26 Å². The molecule has 0 aliphatic carbocycles. The van der Waals surface area contributed by atoms with Gasteiger partial charge in [-0.3, -0.25) is 0 Å². The summed E-state index contributed by atoms with van der Waals surface area (Å²) < 4.78 is 14.8. The van der Waals surface area contributed by atoms with Crippen molar-refractivity contribution in [3.8, 4) is 22.9 Å². The second-order valence-corrected chi connectivity index (χ2v) is 11.7. The summed E-state index contributed by atoms with van der Waals surface area (Å²) in [6, 6.07) is 38.3. The van der Waals surface area contributed by atoms with Gasteiger partial charge in [0.1, 0.15) is 0 Å². The molecule has 1 aromatic heterocycles. The Morgan fingerprint density at radius 2 is 1.25 bits per heavy atom. The van der Waals surface area contributed by atoms with E-state index in [1.54, 1.807) is 0 Å². The van der Waals surface area contributed by atoms with Crippen molar-refractivity contribution >= 4 is 45.2 Å². The van der Waals surface area contributed by atoms with E-state index in [0.29, 0.717) is 5.56 Å². The van der Waals surface area contributed by atoms with Gasteiger partial charge in [-0.15, -0.1) is 0 Å². The Labute approximate surface area is 234 Å². The highest BCUT2D eigenvalue weighted by molar-refractivity contribution is 6.62. The molecule has 6 aromatic rings. The van der Waals surface area contributed by atoms with E-state index in [0.717, 1.165) is 44.1 Å². The zero-order chi connectivity index (χ0) is 27.6. The third-order valence-corrected chi connectivity index (χ3v) is 8.63. The van der Waals surface area contributed by atoms with Crippen LogP contribution in [-0.4, -0.2) is 22.9 Å². The molecule has 2 heterocycles. The number of nitrogens with zero attached hydrogens (tertiary/aromatic N) is 2. The third-order valence-electron chi connectivity index (χ3n) is 8.63. The first kappa shape index (κ1) is 24.7. The van der Waals surface area contributed by atoms with Crippen LogP contribution in [0.3, 0.4) is 0 Å². The minimum atomic E-state index is -0.377. The zero-order valence-corrected chi connectivity index (χ0v) is 23.1. The maximum Gasteiger partial charge on any atom is 0.494 e. The second-order valence-electron chi connectivity index (χ2n) is 11.7. The molecule has 1 aliphatic heterocycles. The molecule has 0 unspecified atom stereocenters. The van der Waals surface area contributed by atoms with E-state index in [-0.39, 0.29) is 18.3 Å². The number of fused-ring (bicyclic) bond motifs is 4. The maximum atomic E-state index is 9.56. The average molecular weight is 520 g/mol. The number of para-hydroxylation sites is 1. The van der Waals surface area contributed by atoms with Crippen LogP contribution in [0.5, 0.6) is 0 Å². The normalized spacial score (nSPS) is 16.1. The fourth-order valence-corrected chi connectivity index (χ4v) is 5.69. The van der Waals surface area contributed by atoms with E-state index >= 15 is 0 Å². The molecule has 0 radical (unpaired) electrons. The van der Waals surface area contributed by atoms with Gasteiger partial charge in [0.15, 0.2) is 0 Å². The van der Waals surface area contributed by atoms with E-state index in [9.17, 15) is 5.26 Å². The van der Waals surface area contributed by atoms with E-state index in [1.165, 1.54) is 10.8 Å². The molecule has 0 bridgehead atoms. The molecular weight excluding hydrogens is 491 g/mol. The van der Waals surface area contributed by atoms with Crippen molar-refractivity contribution < 1.29 is 9.31 Å². The molecule has 1 aliphatic rings. The standard InChI is InChI=1S/C35H29BN2O2/c1-34(2)35(3,4)40-36(39-34)28-15-13-25-19-24(11-12-26(25)20-28)27-14-17-31-30-16-10-23(22-37)18-32(30)38(33(31)21-27)29-8-6-5-7-9-29/h5-21H,1-4H3. The smallest absolute Gasteiger partial charge is 0.399 e. The van der Waals surface area contributed by atoms with Gasteiger partial charge in [-0.25, -0.2) is 0 Å². The predicted octanol–water partition coefficient (Wildman–Crippen LogP) is 7.77. The van der Waals surface area contributed by atoms with E-state index in [4.69, 9.17) is 9.31 Å². The van der Waals surface area contributed by atoms with E-state index in [1.807, 2.05) is 30.3 Å². The Hall–Kier alpha value is -4.37. The van der Waals surface area contributed by atoms with Gasteiger partial charge >= 0.3 is 7.12 Å². The minimum absolute atomic E-state index is 0.368. The van der Waals surface area contributed by atoms with Crippen molar-refractivity contribution in [1.82, 2.24) is 4.57 Å². The van der Waals surface area contributed by atoms with Crippen LogP contribution in [0, 0.1) is 11.3 Å². The van der Waals surface area contributed by atoms with Crippen molar-refractivity contribution in [3.05, 3.63) is 109 Å². The molecule has 1 saturated heterocycles. The molecule has 5 heteroatoms. The van der Waals surface area contributed by atoms with Crippen LogP contribution >= 0.6 is 0 Å². The number of nitriles is 1. The number of hydrogen-bond donors (Lipinski definition) is 0. The first-order valence-corrected chi connectivity index (χ1v) is 13.7. The molecule has 0 spiro atoms. The van der Waals surface area contributed by atoms with Crippen LogP contribution in [0.25, 0.3) is 49.4 Å². The Morgan fingerprint density at radius 1 is 0.650 bits per heavy atom.